The smallest absolute Gasteiger partial charge is 0.420 e. The van der Waals surface area contributed by atoms with Crippen molar-refractivity contribution in [3.8, 4) is 0 Å². The van der Waals surface area contributed by atoms with Gasteiger partial charge >= 0.3 is 4.05 Å². The van der Waals surface area contributed by atoms with Crippen molar-refractivity contribution in [3.63, 3.8) is 0 Å². The van der Waals surface area contributed by atoms with Crippen molar-refractivity contribution in [1.29, 1.82) is 0 Å². The molecule has 0 aliphatic carbocycles. The Morgan fingerprint density at radius 3 is 1.04 bits per heavy atom. The molecule has 0 saturated carbocycles. The summed E-state index contributed by atoms with van der Waals surface area (Å²) >= 11 is 6.34. The van der Waals surface area contributed by atoms with Gasteiger partial charge < -0.3 is 4.65 Å². The summed E-state index contributed by atoms with van der Waals surface area (Å²) in [7, 11) is 40.8. The van der Waals surface area contributed by atoms with Crippen molar-refractivity contribution in [2.75, 3.05) is 7.11 Å². The summed E-state index contributed by atoms with van der Waals surface area (Å²) in [5.41, 5.74) is 0. The first kappa shape index (κ1) is 35.8. The van der Waals surface area contributed by atoms with Gasteiger partial charge in [-0.25, -0.2) is 0 Å². The molecule has 0 rings (SSSR count). The Kier molecular flexibility index (Phi) is 43.5. The number of halogens is 1. The van der Waals surface area contributed by atoms with Gasteiger partial charge in [0.2, 0.25) is 0 Å². The molecule has 0 fully saturated rings. The second-order valence-electron chi connectivity index (χ2n) is 2.04. The van der Waals surface area contributed by atoms with Crippen LogP contribution in [0.25, 0.3) is 0 Å². The lowest BCUT2D eigenvalue weighted by Gasteiger charge is -2.01. The maximum Gasteiger partial charge on any atom is 0.446 e. The van der Waals surface area contributed by atoms with Gasteiger partial charge in [0.25, 0.3) is 0 Å². The number of hydrogen-bond donors (Lipinski definition) is 1. The summed E-state index contributed by atoms with van der Waals surface area (Å²) in [6, 6.07) is 0. The molecule has 0 unspecified atom stereocenters. The summed E-state index contributed by atoms with van der Waals surface area (Å²) in [5, 5.41) is 0. The first-order chi connectivity index (χ1) is 13.3. The Hall–Kier alpha value is 8.80. The molecule has 0 bridgehead atoms. The van der Waals surface area contributed by atoms with Crippen LogP contribution < -0.4 is 0 Å². The topological polar surface area (TPSA) is 9.23 Å². The lowest BCUT2D eigenvalue weighted by Crippen LogP contribution is -1.96. The van der Waals surface area contributed by atoms with E-state index < -0.39 is 0 Å². The molecule has 1 nitrogen and oxygen atoms in total. The van der Waals surface area contributed by atoms with Crippen LogP contribution >= 0.6 is 251 Å². The van der Waals surface area contributed by atoms with E-state index >= 15 is 0 Å². The number of rotatable bonds is 23. The van der Waals surface area contributed by atoms with Crippen LogP contribution in [0.5, 0.6) is 0 Å². The maximum absolute atomic E-state index is 5.16. The Morgan fingerprint density at radius 2 is 0.778 bits per heavy atom. The summed E-state index contributed by atoms with van der Waals surface area (Å²) < 4.78 is 5.38. The van der Waals surface area contributed by atoms with Gasteiger partial charge in [-0.15, -0.1) is 0 Å². The molecular weight excluding hydrogens is 903 g/mol. The predicted octanol–water partition coefficient (Wildman–Crippen LogP) is 15.2. The van der Waals surface area contributed by atoms with Crippen LogP contribution in [0.4, 0.5) is 0 Å². The van der Waals surface area contributed by atoms with Crippen LogP contribution in [0.1, 0.15) is 0 Å². The normalized spacial score (nSPS) is 11.2. The maximum atomic E-state index is 5.16. The second-order valence-corrected chi connectivity index (χ2v) is 42.5. The molecule has 0 atom stereocenters. The van der Waals surface area contributed by atoms with Crippen molar-refractivity contribution in [2.24, 2.45) is 0 Å². The summed E-state index contributed by atoms with van der Waals surface area (Å²) in [5.74, 6) is 0. The minimum absolute atomic E-state index is 0.216. The highest BCUT2D eigenvalue weighted by Crippen LogP contribution is 2.65. The Labute approximate surface area is 260 Å². The molecule has 0 aromatic rings. The monoisotopic (exact) mass is 905 g/mol. The first-order valence-electron chi connectivity index (χ1n) is 4.78. The molecule has 0 aromatic heterocycles. The lowest BCUT2D eigenvalue weighted by molar-refractivity contribution is 0.454. The fourth-order valence-electron chi connectivity index (χ4n) is 0.303. The summed E-state index contributed by atoms with van der Waals surface area (Å²) in [6.45, 7) is 0. The predicted molar refractivity (Wildman–Crippen MR) is 203 cm³/mol. The van der Waals surface area contributed by atoms with Gasteiger partial charge in [0.15, 0.2) is 0 Å². The zero-order chi connectivity index (χ0) is 19.8. The molecule has 162 valence electrons. The highest BCUT2D eigenvalue weighted by atomic mass is 127. The van der Waals surface area contributed by atoms with Crippen LogP contribution in [-0.2, 0) is 4.65 Å². The molecule has 0 aliphatic rings. The highest BCUT2D eigenvalue weighted by Gasteiger charge is 2.10. The van der Waals surface area contributed by atoms with Crippen molar-refractivity contribution in [1.82, 2.24) is 0 Å². The second kappa shape index (κ2) is 32.8. The van der Waals surface area contributed by atoms with Crippen LogP contribution in [-0.4, -0.2) is 11.2 Å². The lowest BCUT2D eigenvalue weighted by atomic mass is 10.5. The zero-order valence-electron chi connectivity index (χ0n) is 11.8. The van der Waals surface area contributed by atoms with Crippen molar-refractivity contribution in [2.45, 2.75) is 0 Å². The van der Waals surface area contributed by atoms with E-state index in [1.54, 1.807) is 126 Å². The van der Waals surface area contributed by atoms with Gasteiger partial charge in [0, 0.05) is 56.2 Å². The van der Waals surface area contributed by atoms with Crippen molar-refractivity contribution in [3.05, 3.63) is 0 Å². The third-order valence-corrected chi connectivity index (χ3v) is 49.7. The van der Waals surface area contributed by atoms with E-state index in [2.05, 4.69) is 34.0 Å². The number of thiol groups is 1. The van der Waals surface area contributed by atoms with Crippen molar-refractivity contribution >= 4 is 255 Å². The Morgan fingerprint density at radius 1 is 0.519 bits per heavy atom. The Balaban J connectivity index is 2.99. The zero-order valence-corrected chi connectivity index (χ0v) is 32.8. The molecule has 0 saturated heterocycles. The minimum atomic E-state index is 0.216. The van der Waals surface area contributed by atoms with Gasteiger partial charge in [0.1, 0.15) is 0 Å². The summed E-state index contributed by atoms with van der Waals surface area (Å²) in [4.78, 5) is 0. The number of hydrogen-bond acceptors (Lipinski definition) is 24. The van der Waals surface area contributed by atoms with E-state index in [1.807, 2.05) is 88.4 Å². The van der Waals surface area contributed by atoms with E-state index in [0.717, 1.165) is 0 Å². The SMILES string of the molecule is COB(I)SSSSSSSSSSSSSSSSSSSSSSS. The van der Waals surface area contributed by atoms with Crippen LogP contribution in [0.15, 0.2) is 0 Å². The van der Waals surface area contributed by atoms with E-state index in [0.29, 0.717) is 0 Å². The van der Waals surface area contributed by atoms with E-state index in [-0.39, 0.29) is 4.05 Å². The van der Waals surface area contributed by atoms with Crippen LogP contribution in [0, 0.1) is 0 Å². The van der Waals surface area contributed by atoms with Crippen LogP contribution in [0.2, 0.25) is 0 Å². The van der Waals surface area contributed by atoms with E-state index in [1.165, 1.54) is 9.83 Å². The first-order valence-corrected chi connectivity index (χ1v) is 36.0. The molecule has 27 heavy (non-hydrogen) atoms. The minimum Gasteiger partial charge on any atom is -0.420 e. The van der Waals surface area contributed by atoms with E-state index in [9.17, 15) is 0 Å². The fraction of sp³-hybridized carbons (Fsp3) is 1.00. The Bertz CT molecular complexity index is 269. The molecule has 0 aromatic carbocycles. The molecule has 26 heteroatoms. The molecular formula is CH4BIOS23. The van der Waals surface area contributed by atoms with Gasteiger partial charge in [-0.05, 0) is 157 Å². The fourth-order valence-corrected chi connectivity index (χ4v) is 57.4. The van der Waals surface area contributed by atoms with Gasteiger partial charge in [-0.3, -0.25) is 0 Å². The van der Waals surface area contributed by atoms with Gasteiger partial charge in [-0.1, -0.05) is 44.7 Å². The third kappa shape index (κ3) is 32.8. The standard InChI is InChI=1S/CH4BIOS23/c1-4-2(3)6-8-10-12-14-16-18-20-22-24-26-27-25-23-21-19-17-15-13-11-9-7-5/h5H,1H3. The summed E-state index contributed by atoms with van der Waals surface area (Å²) in [6.07, 6.45) is 0. The molecule has 0 amide bonds. The average molecular weight is 907 g/mol. The molecule has 0 N–H and O–H groups in total. The third-order valence-electron chi connectivity index (χ3n) is 0.858. The highest BCUT2D eigenvalue weighted by molar-refractivity contribution is 14.1. The van der Waals surface area contributed by atoms with Gasteiger partial charge in [0.05, 0.1) is 0 Å². The quantitative estimate of drug-likeness (QED) is 0.0342. The molecule has 0 aliphatic heterocycles. The largest absolute Gasteiger partial charge is 0.446 e. The van der Waals surface area contributed by atoms with E-state index in [4.69, 9.17) is 4.65 Å². The van der Waals surface area contributed by atoms with Crippen LogP contribution in [0.3, 0.4) is 0 Å². The molecule has 0 heterocycles. The molecule has 0 radical (unpaired) electrons. The average Bonchev–Trinajstić information content (AvgIpc) is 2.68. The van der Waals surface area contributed by atoms with Gasteiger partial charge in [-0.2, -0.15) is 0 Å². The van der Waals surface area contributed by atoms with Crippen molar-refractivity contribution < 1.29 is 4.65 Å². The molecule has 0 spiro atoms.